The highest BCUT2D eigenvalue weighted by Crippen LogP contribution is 2.17. The molecule has 0 fully saturated rings. The van der Waals surface area contributed by atoms with Crippen molar-refractivity contribution in [2.75, 3.05) is 0 Å². The molecule has 0 bridgehead atoms. The molecule has 7 heteroatoms. The lowest BCUT2D eigenvalue weighted by Crippen LogP contribution is -2.43. The Labute approximate surface area is 126 Å². The van der Waals surface area contributed by atoms with E-state index in [1.165, 1.54) is 0 Å². The van der Waals surface area contributed by atoms with E-state index < -0.39 is 11.9 Å². The summed E-state index contributed by atoms with van der Waals surface area (Å²) in [6.07, 6.45) is -0.156. The second-order valence-corrected chi connectivity index (χ2v) is 4.98. The zero-order chi connectivity index (χ0) is 13.7. The van der Waals surface area contributed by atoms with Gasteiger partial charge in [0.1, 0.15) is 0 Å². The number of primary amides is 1. The van der Waals surface area contributed by atoms with Crippen molar-refractivity contribution >= 4 is 40.2 Å². The fraction of sp³-hybridized carbons (Fsp3) is 0.333. The Bertz CT molecular complexity index is 456. The second-order valence-electron chi connectivity index (χ2n) is 4.06. The van der Waals surface area contributed by atoms with Gasteiger partial charge in [0, 0.05) is 4.47 Å². The van der Waals surface area contributed by atoms with E-state index in [0.717, 1.165) is 10.0 Å². The Hall–Kier alpha value is -1.11. The third-order valence-electron chi connectivity index (χ3n) is 2.47. The van der Waals surface area contributed by atoms with Gasteiger partial charge in [0.15, 0.2) is 0 Å². The Morgan fingerprint density at radius 1 is 1.42 bits per heavy atom. The van der Waals surface area contributed by atoms with E-state index in [0.29, 0.717) is 0 Å². The average molecular weight is 351 g/mol. The number of carbonyl (C=O) groups is 2. The summed E-state index contributed by atoms with van der Waals surface area (Å²) in [6.45, 7) is 1.84. The highest BCUT2D eigenvalue weighted by Gasteiger charge is 2.18. The molecule has 0 aromatic heterocycles. The minimum Gasteiger partial charge on any atom is -0.370 e. The summed E-state index contributed by atoms with van der Waals surface area (Å²) >= 11 is 3.36. The number of hydrogen-bond acceptors (Lipinski definition) is 3. The van der Waals surface area contributed by atoms with Gasteiger partial charge < -0.3 is 16.8 Å². The zero-order valence-corrected chi connectivity index (χ0v) is 12.8. The van der Waals surface area contributed by atoms with Gasteiger partial charge in [0.2, 0.25) is 11.8 Å². The molecule has 2 amide bonds. The van der Waals surface area contributed by atoms with E-state index in [1.807, 2.05) is 31.2 Å². The van der Waals surface area contributed by atoms with Crippen molar-refractivity contribution in [1.82, 2.24) is 5.32 Å². The van der Waals surface area contributed by atoms with Crippen LogP contribution in [-0.4, -0.2) is 17.9 Å². The molecular weight excluding hydrogens is 334 g/mol. The van der Waals surface area contributed by atoms with Crippen LogP contribution in [0.5, 0.6) is 0 Å². The topological polar surface area (TPSA) is 98.2 Å². The minimum absolute atomic E-state index is 0. The molecule has 106 valence electrons. The SMILES string of the molecule is CC(NC(=O)C(N)CC(N)=O)c1cccc(Br)c1.Cl. The number of nitrogens with one attached hydrogen (secondary N) is 1. The Balaban J connectivity index is 0.00000324. The quantitative estimate of drug-likeness (QED) is 0.745. The molecule has 1 rings (SSSR count). The van der Waals surface area contributed by atoms with Gasteiger partial charge in [-0.15, -0.1) is 12.4 Å². The van der Waals surface area contributed by atoms with Gasteiger partial charge in [0.25, 0.3) is 0 Å². The van der Waals surface area contributed by atoms with Crippen LogP contribution in [0.3, 0.4) is 0 Å². The summed E-state index contributed by atoms with van der Waals surface area (Å²) in [4.78, 5) is 22.4. The van der Waals surface area contributed by atoms with Crippen LogP contribution in [0.2, 0.25) is 0 Å². The number of benzene rings is 1. The maximum Gasteiger partial charge on any atom is 0.237 e. The van der Waals surface area contributed by atoms with E-state index in [2.05, 4.69) is 21.2 Å². The van der Waals surface area contributed by atoms with Crippen molar-refractivity contribution in [3.05, 3.63) is 34.3 Å². The monoisotopic (exact) mass is 349 g/mol. The normalized spacial score (nSPS) is 13.0. The molecule has 0 heterocycles. The van der Waals surface area contributed by atoms with Crippen LogP contribution < -0.4 is 16.8 Å². The standard InChI is InChI=1S/C12H16BrN3O2.ClH/c1-7(8-3-2-4-9(13)5-8)16-12(18)10(14)6-11(15)17;/h2-5,7,10H,6,14H2,1H3,(H2,15,17)(H,16,18);1H. The molecule has 0 aliphatic carbocycles. The van der Waals surface area contributed by atoms with E-state index in [4.69, 9.17) is 11.5 Å². The number of carbonyl (C=O) groups excluding carboxylic acids is 2. The van der Waals surface area contributed by atoms with Crippen molar-refractivity contribution in [1.29, 1.82) is 0 Å². The molecule has 1 aromatic carbocycles. The van der Waals surface area contributed by atoms with Crippen LogP contribution in [0.4, 0.5) is 0 Å². The van der Waals surface area contributed by atoms with Crippen LogP contribution >= 0.6 is 28.3 Å². The molecule has 0 saturated heterocycles. The first-order valence-corrected chi connectivity index (χ1v) is 6.29. The third kappa shape index (κ3) is 6.04. The molecule has 5 N–H and O–H groups in total. The van der Waals surface area contributed by atoms with Gasteiger partial charge in [-0.3, -0.25) is 9.59 Å². The molecule has 0 radical (unpaired) electrons. The summed E-state index contributed by atoms with van der Waals surface area (Å²) in [5.74, 6) is -0.978. The molecule has 0 spiro atoms. The second kappa shape index (κ2) is 8.14. The van der Waals surface area contributed by atoms with Crippen molar-refractivity contribution in [2.45, 2.75) is 25.4 Å². The number of halogens is 2. The molecular formula is C12H17BrClN3O2. The first kappa shape index (κ1) is 17.9. The summed E-state index contributed by atoms with van der Waals surface area (Å²) in [7, 11) is 0. The highest BCUT2D eigenvalue weighted by molar-refractivity contribution is 9.10. The number of hydrogen-bond donors (Lipinski definition) is 3. The number of rotatable bonds is 5. The zero-order valence-electron chi connectivity index (χ0n) is 10.4. The molecule has 2 atom stereocenters. The van der Waals surface area contributed by atoms with Gasteiger partial charge in [-0.05, 0) is 24.6 Å². The Kier molecular flexibility index (Phi) is 7.66. The molecule has 1 aromatic rings. The Morgan fingerprint density at radius 3 is 2.58 bits per heavy atom. The molecule has 5 nitrogen and oxygen atoms in total. The molecule has 0 aliphatic heterocycles. The van der Waals surface area contributed by atoms with Gasteiger partial charge in [-0.1, -0.05) is 28.1 Å². The van der Waals surface area contributed by atoms with Crippen molar-refractivity contribution in [3.8, 4) is 0 Å². The number of nitrogens with two attached hydrogens (primary N) is 2. The fourth-order valence-corrected chi connectivity index (χ4v) is 1.91. The van der Waals surface area contributed by atoms with Gasteiger partial charge in [0.05, 0.1) is 18.5 Å². The predicted molar refractivity (Wildman–Crippen MR) is 79.7 cm³/mol. The van der Waals surface area contributed by atoms with Crippen LogP contribution in [0.25, 0.3) is 0 Å². The Morgan fingerprint density at radius 2 is 2.05 bits per heavy atom. The molecule has 0 aliphatic rings. The van der Waals surface area contributed by atoms with Crippen molar-refractivity contribution < 1.29 is 9.59 Å². The molecule has 2 unspecified atom stereocenters. The highest BCUT2D eigenvalue weighted by atomic mass is 79.9. The van der Waals surface area contributed by atoms with Gasteiger partial charge >= 0.3 is 0 Å². The van der Waals surface area contributed by atoms with Gasteiger partial charge in [-0.2, -0.15) is 0 Å². The maximum absolute atomic E-state index is 11.7. The van der Waals surface area contributed by atoms with E-state index in [9.17, 15) is 9.59 Å². The third-order valence-corrected chi connectivity index (χ3v) is 2.96. The van der Waals surface area contributed by atoms with E-state index in [-0.39, 0.29) is 30.8 Å². The van der Waals surface area contributed by atoms with Gasteiger partial charge in [-0.25, -0.2) is 0 Å². The van der Waals surface area contributed by atoms with Crippen LogP contribution in [0.15, 0.2) is 28.7 Å². The largest absolute Gasteiger partial charge is 0.370 e. The fourth-order valence-electron chi connectivity index (χ4n) is 1.49. The first-order chi connectivity index (χ1) is 8.40. The molecule has 19 heavy (non-hydrogen) atoms. The van der Waals surface area contributed by atoms with Crippen molar-refractivity contribution in [2.24, 2.45) is 11.5 Å². The first-order valence-electron chi connectivity index (χ1n) is 5.50. The summed E-state index contributed by atoms with van der Waals surface area (Å²) < 4.78 is 0.933. The average Bonchev–Trinajstić information content (AvgIpc) is 2.27. The van der Waals surface area contributed by atoms with E-state index in [1.54, 1.807) is 0 Å². The smallest absolute Gasteiger partial charge is 0.237 e. The predicted octanol–water partition coefficient (Wildman–Crippen LogP) is 1.25. The summed E-state index contributed by atoms with van der Waals surface area (Å²) in [5, 5.41) is 2.74. The van der Waals surface area contributed by atoms with Crippen LogP contribution in [0, 0.1) is 0 Å². The summed E-state index contributed by atoms with van der Waals surface area (Å²) in [6, 6.07) is 6.49. The number of amides is 2. The lowest BCUT2D eigenvalue weighted by molar-refractivity contribution is -0.126. The molecule has 0 saturated carbocycles. The van der Waals surface area contributed by atoms with Crippen LogP contribution in [-0.2, 0) is 9.59 Å². The lowest BCUT2D eigenvalue weighted by Gasteiger charge is -2.17. The lowest BCUT2D eigenvalue weighted by atomic mass is 10.1. The van der Waals surface area contributed by atoms with Crippen molar-refractivity contribution in [3.63, 3.8) is 0 Å². The minimum atomic E-state index is -0.905. The van der Waals surface area contributed by atoms with E-state index >= 15 is 0 Å². The van der Waals surface area contributed by atoms with Crippen LogP contribution in [0.1, 0.15) is 24.9 Å². The maximum atomic E-state index is 11.7. The summed E-state index contributed by atoms with van der Waals surface area (Å²) in [5.41, 5.74) is 11.5.